The topological polar surface area (TPSA) is 52.6 Å². The van der Waals surface area contributed by atoms with Crippen LogP contribution in [0.4, 0.5) is 0 Å². The normalized spacial score (nSPS) is 39.2. The van der Waals surface area contributed by atoms with Crippen LogP contribution in [0.3, 0.4) is 0 Å². The molecule has 3 fully saturated rings. The molecule has 0 aromatic rings. The molecule has 21 heavy (non-hydrogen) atoms. The van der Waals surface area contributed by atoms with Gasteiger partial charge < -0.3 is 9.47 Å². The molecular formula is C16H23O4Ru. The maximum Gasteiger partial charge on any atom is 1.00 e. The molecule has 5 atom stereocenters. The predicted molar refractivity (Wildman–Crippen MR) is 72.5 cm³/mol. The van der Waals surface area contributed by atoms with E-state index in [0.29, 0.717) is 5.92 Å². The molecule has 0 amide bonds. The van der Waals surface area contributed by atoms with E-state index in [1.165, 1.54) is 0 Å². The van der Waals surface area contributed by atoms with Gasteiger partial charge in [0.05, 0.1) is 5.92 Å². The van der Waals surface area contributed by atoms with E-state index in [4.69, 9.17) is 9.47 Å². The summed E-state index contributed by atoms with van der Waals surface area (Å²) in [6.45, 7) is 8.12. The summed E-state index contributed by atoms with van der Waals surface area (Å²) in [5.74, 6) is 1.18. The molecule has 1 radical (unpaired) electrons. The predicted octanol–water partition coefficient (Wildman–Crippen LogP) is 2.51. The van der Waals surface area contributed by atoms with Gasteiger partial charge in [-0.1, -0.05) is 26.7 Å². The third-order valence-corrected chi connectivity index (χ3v) is 5.16. The molecule has 5 unspecified atom stereocenters. The van der Waals surface area contributed by atoms with E-state index in [1.54, 1.807) is 0 Å². The minimum Gasteiger partial charge on any atom is -0.480 e. The number of fused-ring (bicyclic) bond motifs is 1. The van der Waals surface area contributed by atoms with Crippen LogP contribution in [0.5, 0.6) is 0 Å². The Hall–Kier alpha value is -0.567. The summed E-state index contributed by atoms with van der Waals surface area (Å²) >= 11 is 0. The smallest absolute Gasteiger partial charge is 0.480 e. The molecule has 3 aliphatic rings. The van der Waals surface area contributed by atoms with Crippen LogP contribution in [0.2, 0.25) is 0 Å². The van der Waals surface area contributed by atoms with Crippen LogP contribution in [0.1, 0.15) is 47.0 Å². The van der Waals surface area contributed by atoms with Crippen LogP contribution in [0, 0.1) is 29.1 Å². The molecule has 0 N–H and O–H groups in total. The van der Waals surface area contributed by atoms with Crippen molar-refractivity contribution in [3.8, 4) is 0 Å². The molecule has 0 aromatic carbocycles. The van der Waals surface area contributed by atoms with Crippen LogP contribution in [0.25, 0.3) is 0 Å². The van der Waals surface area contributed by atoms with E-state index in [1.807, 2.05) is 6.92 Å². The summed E-state index contributed by atoms with van der Waals surface area (Å²) < 4.78 is 11.2. The molecule has 1 aliphatic heterocycles. The second-order valence-corrected chi connectivity index (χ2v) is 7.44. The van der Waals surface area contributed by atoms with Gasteiger partial charge in [0, 0.05) is 11.3 Å². The third-order valence-electron chi connectivity index (χ3n) is 5.16. The molecule has 2 aliphatic carbocycles. The Kier molecular flexibility index (Phi) is 4.45. The van der Waals surface area contributed by atoms with Gasteiger partial charge in [-0.15, -0.1) is 0 Å². The first-order valence-corrected chi connectivity index (χ1v) is 7.56. The van der Waals surface area contributed by atoms with Crippen molar-refractivity contribution in [2.24, 2.45) is 23.2 Å². The van der Waals surface area contributed by atoms with E-state index in [2.05, 4.69) is 20.8 Å². The number of esters is 2. The Morgan fingerprint density at radius 1 is 1.48 bits per heavy atom. The summed E-state index contributed by atoms with van der Waals surface area (Å²) in [5, 5.41) is 0. The molecule has 2 saturated carbocycles. The Morgan fingerprint density at radius 2 is 2.14 bits per heavy atom. The summed E-state index contributed by atoms with van der Waals surface area (Å²) in [6.07, 6.45) is 2.02. The molecule has 1 heterocycles. The molecule has 3 rings (SSSR count). The molecule has 1 saturated heterocycles. The number of hydrogen-bond donors (Lipinski definition) is 0. The van der Waals surface area contributed by atoms with Gasteiger partial charge in [0.25, 0.3) is 0 Å². The van der Waals surface area contributed by atoms with Gasteiger partial charge >= 0.3 is 25.4 Å². The van der Waals surface area contributed by atoms with Gasteiger partial charge in [0.1, 0.15) is 12.2 Å². The minimum absolute atomic E-state index is 0. The van der Waals surface area contributed by atoms with Gasteiger partial charge in [-0.3, -0.25) is 15.5 Å². The quantitative estimate of drug-likeness (QED) is 0.427. The molecular weight excluding hydrogens is 357 g/mol. The zero-order chi connectivity index (χ0) is 14.7. The Balaban J connectivity index is 0.00000161. The van der Waals surface area contributed by atoms with E-state index >= 15 is 0 Å². The van der Waals surface area contributed by atoms with Crippen LogP contribution in [0.15, 0.2) is 0 Å². The molecule has 119 valence electrons. The molecule has 0 aromatic heterocycles. The monoisotopic (exact) mass is 381 g/mol. The fourth-order valence-corrected chi connectivity index (χ4v) is 4.37. The van der Waals surface area contributed by atoms with Crippen LogP contribution < -0.4 is 0 Å². The fourth-order valence-electron chi connectivity index (χ4n) is 4.37. The van der Waals surface area contributed by atoms with Crippen molar-refractivity contribution in [3.63, 3.8) is 0 Å². The molecule has 5 heteroatoms. The summed E-state index contributed by atoms with van der Waals surface area (Å²) in [4.78, 5) is 24.0. The zero-order valence-electron chi connectivity index (χ0n) is 13.0. The average molecular weight is 380 g/mol. The van der Waals surface area contributed by atoms with Gasteiger partial charge in [-0.2, -0.15) is 13.3 Å². The minimum atomic E-state index is -0.259. The Morgan fingerprint density at radius 3 is 2.76 bits per heavy atom. The fraction of sp³-hybridized carbons (Fsp3) is 0.812. The van der Waals surface area contributed by atoms with Crippen molar-refractivity contribution >= 4 is 11.9 Å². The molecule has 2 bridgehead atoms. The van der Waals surface area contributed by atoms with Crippen LogP contribution in [-0.4, -0.2) is 24.1 Å². The number of carbonyl (C=O) groups is 2. The maximum atomic E-state index is 12.2. The van der Waals surface area contributed by atoms with E-state index in [-0.39, 0.29) is 60.9 Å². The van der Waals surface area contributed by atoms with Crippen molar-refractivity contribution in [3.05, 3.63) is 5.92 Å². The second kappa shape index (κ2) is 5.57. The first-order valence-electron chi connectivity index (χ1n) is 7.56. The first kappa shape index (κ1) is 16.8. The Bertz CT molecular complexity index is 450. The summed E-state index contributed by atoms with van der Waals surface area (Å²) in [6, 6.07) is 0. The number of ether oxygens (including phenoxy) is 2. The summed E-state index contributed by atoms with van der Waals surface area (Å²) in [5.41, 5.74) is -0.0834. The third kappa shape index (κ3) is 2.63. The average Bonchev–Trinajstić information content (AvgIpc) is 2.88. The van der Waals surface area contributed by atoms with Crippen molar-refractivity contribution in [2.45, 2.75) is 59.2 Å². The van der Waals surface area contributed by atoms with Crippen molar-refractivity contribution in [1.29, 1.82) is 0 Å². The van der Waals surface area contributed by atoms with E-state index in [0.717, 1.165) is 25.2 Å². The SMILES string of the molecule is C[C-](CC(C)C)C(=O)OC1C2OC(=O)C3CC1(C)CC32.[Ru+]. The van der Waals surface area contributed by atoms with Gasteiger partial charge in [0.15, 0.2) is 5.97 Å². The van der Waals surface area contributed by atoms with Crippen LogP contribution >= 0.6 is 0 Å². The second-order valence-electron chi connectivity index (χ2n) is 7.44. The standard InChI is InChI=1S/C16H23O4.Ru/c1-8(2)5-9(3)14(17)20-13-12-10-6-16(13,4)7-11(10)15(18)19-12;/h8,10-13H,5-7H2,1-4H3;/q-1;+1. The largest absolute Gasteiger partial charge is 1.00 e. The summed E-state index contributed by atoms with van der Waals surface area (Å²) in [7, 11) is 0. The zero-order valence-corrected chi connectivity index (χ0v) is 14.7. The van der Waals surface area contributed by atoms with Gasteiger partial charge in [-0.05, 0) is 12.8 Å². The first-order chi connectivity index (χ1) is 9.32. The number of hydrogen-bond acceptors (Lipinski definition) is 4. The van der Waals surface area contributed by atoms with Crippen molar-refractivity contribution in [1.82, 2.24) is 0 Å². The van der Waals surface area contributed by atoms with Crippen molar-refractivity contribution < 1.29 is 38.5 Å². The van der Waals surface area contributed by atoms with E-state index in [9.17, 15) is 9.59 Å². The number of carbonyl (C=O) groups excluding carboxylic acids is 2. The van der Waals surface area contributed by atoms with Crippen molar-refractivity contribution in [2.75, 3.05) is 0 Å². The van der Waals surface area contributed by atoms with Gasteiger partial charge in [-0.25, -0.2) is 0 Å². The maximum absolute atomic E-state index is 12.2. The van der Waals surface area contributed by atoms with E-state index < -0.39 is 0 Å². The number of rotatable bonds is 4. The molecule has 4 nitrogen and oxygen atoms in total. The van der Waals surface area contributed by atoms with Crippen LogP contribution in [-0.2, 0) is 38.5 Å². The Labute approximate surface area is 139 Å². The molecule has 0 spiro atoms. The van der Waals surface area contributed by atoms with Gasteiger partial charge in [0.2, 0.25) is 0 Å².